The zero-order valence-corrected chi connectivity index (χ0v) is 11.9. The molecule has 1 aliphatic rings. The van der Waals surface area contributed by atoms with Gasteiger partial charge in [-0.1, -0.05) is 31.2 Å². The minimum absolute atomic E-state index is 0.0409. The Labute approximate surface area is 121 Å². The second-order valence-electron chi connectivity index (χ2n) is 6.10. The lowest BCUT2D eigenvalue weighted by Gasteiger charge is -2.29. The number of aromatic nitrogens is 3. The van der Waals surface area contributed by atoms with Gasteiger partial charge in [-0.05, 0) is 17.5 Å². The fourth-order valence-electron chi connectivity index (χ4n) is 2.70. The third kappa shape index (κ3) is 2.22. The normalized spacial score (nSPS) is 18.3. The summed E-state index contributed by atoms with van der Waals surface area (Å²) >= 11 is 0. The van der Waals surface area contributed by atoms with Gasteiger partial charge >= 0.3 is 0 Å². The summed E-state index contributed by atoms with van der Waals surface area (Å²) in [5, 5.41) is 26.3. The van der Waals surface area contributed by atoms with E-state index in [1.165, 1.54) is 4.68 Å². The van der Waals surface area contributed by atoms with Gasteiger partial charge in [0.15, 0.2) is 11.6 Å². The lowest BCUT2D eigenvalue weighted by Crippen LogP contribution is -2.31. The molecule has 108 valence electrons. The topological polar surface area (TPSA) is 91.9 Å². The van der Waals surface area contributed by atoms with Crippen LogP contribution in [0.25, 0.3) is 11.0 Å². The van der Waals surface area contributed by atoms with Crippen molar-refractivity contribution in [3.8, 4) is 0 Å². The highest BCUT2D eigenvalue weighted by Gasteiger charge is 2.35. The van der Waals surface area contributed by atoms with Crippen LogP contribution >= 0.6 is 0 Å². The van der Waals surface area contributed by atoms with Crippen molar-refractivity contribution in [2.24, 2.45) is 5.41 Å². The van der Waals surface area contributed by atoms with Crippen molar-refractivity contribution in [2.45, 2.75) is 26.7 Å². The molecule has 6 heteroatoms. The molecule has 1 aromatic heterocycles. The summed E-state index contributed by atoms with van der Waals surface area (Å²) in [7, 11) is 0. The van der Waals surface area contributed by atoms with Crippen LogP contribution in [-0.4, -0.2) is 31.7 Å². The number of carbonyl (C=O) groups is 1. The number of ketones is 1. The summed E-state index contributed by atoms with van der Waals surface area (Å²) < 4.78 is 1.29. The van der Waals surface area contributed by atoms with Crippen molar-refractivity contribution in [3.63, 3.8) is 0 Å². The molecule has 1 aliphatic carbocycles. The van der Waals surface area contributed by atoms with Gasteiger partial charge in [0.25, 0.3) is 0 Å². The molecule has 0 saturated carbocycles. The van der Waals surface area contributed by atoms with E-state index >= 15 is 0 Å². The minimum atomic E-state index is -0.282. The molecule has 1 aromatic carbocycles. The van der Waals surface area contributed by atoms with E-state index in [0.717, 1.165) is 0 Å². The Morgan fingerprint density at radius 1 is 1.33 bits per heavy atom. The van der Waals surface area contributed by atoms with Gasteiger partial charge in [-0.3, -0.25) is 10.2 Å². The van der Waals surface area contributed by atoms with Crippen LogP contribution in [0.2, 0.25) is 0 Å². The second kappa shape index (κ2) is 4.51. The highest BCUT2D eigenvalue weighted by molar-refractivity contribution is 6.22. The third-order valence-corrected chi connectivity index (χ3v) is 3.65. The Balaban J connectivity index is 2.08. The van der Waals surface area contributed by atoms with Crippen LogP contribution in [0.15, 0.2) is 35.6 Å². The number of aliphatic hydroxyl groups excluding tert-OH is 1. The number of Topliss-reactive ketones (excluding diaryl/α,β-unsaturated/α-hetero) is 1. The average molecular weight is 284 g/mol. The van der Waals surface area contributed by atoms with E-state index in [0.29, 0.717) is 23.9 Å². The van der Waals surface area contributed by atoms with Gasteiger partial charge in [0.2, 0.25) is 0 Å². The first-order valence-electron chi connectivity index (χ1n) is 6.74. The Morgan fingerprint density at radius 2 is 2.05 bits per heavy atom. The van der Waals surface area contributed by atoms with E-state index in [-0.39, 0.29) is 28.4 Å². The van der Waals surface area contributed by atoms with Crippen molar-refractivity contribution in [1.29, 1.82) is 5.41 Å². The van der Waals surface area contributed by atoms with Gasteiger partial charge in [0, 0.05) is 12.8 Å². The van der Waals surface area contributed by atoms with E-state index in [9.17, 15) is 9.90 Å². The molecule has 0 atom stereocenters. The van der Waals surface area contributed by atoms with Crippen LogP contribution in [0.4, 0.5) is 0 Å². The Hall–Kier alpha value is -2.50. The molecule has 0 bridgehead atoms. The lowest BCUT2D eigenvalue weighted by molar-refractivity contribution is -0.118. The maximum absolute atomic E-state index is 12.3. The first-order valence-corrected chi connectivity index (χ1v) is 6.74. The van der Waals surface area contributed by atoms with E-state index in [1.54, 1.807) is 12.1 Å². The van der Waals surface area contributed by atoms with Gasteiger partial charge < -0.3 is 5.11 Å². The van der Waals surface area contributed by atoms with Crippen molar-refractivity contribution >= 4 is 22.7 Å². The quantitative estimate of drug-likeness (QED) is 0.621. The van der Waals surface area contributed by atoms with Gasteiger partial charge in [-0.25, -0.2) is 0 Å². The predicted octanol–water partition coefficient (Wildman–Crippen LogP) is 2.46. The highest BCUT2D eigenvalue weighted by Crippen LogP contribution is 2.36. The average Bonchev–Trinajstić information content (AvgIpc) is 2.79. The molecule has 0 aliphatic heterocycles. The number of hydrogen-bond acceptors (Lipinski definition) is 5. The minimum Gasteiger partial charge on any atom is -0.511 e. The molecule has 0 unspecified atom stereocenters. The molecule has 21 heavy (non-hydrogen) atoms. The zero-order chi connectivity index (χ0) is 15.2. The van der Waals surface area contributed by atoms with Crippen molar-refractivity contribution in [2.75, 3.05) is 0 Å². The first-order chi connectivity index (χ1) is 9.89. The predicted molar refractivity (Wildman–Crippen MR) is 78.3 cm³/mol. The number of fused-ring (bicyclic) bond motifs is 1. The molecule has 0 saturated heterocycles. The molecule has 0 radical (unpaired) electrons. The maximum atomic E-state index is 12.3. The number of para-hydroxylation sites is 1. The fraction of sp³-hybridized carbons (Fsp3) is 0.333. The number of nitrogens with zero attached hydrogens (tertiary/aromatic N) is 3. The number of rotatable bonds is 1. The number of aliphatic hydroxyl groups is 1. The van der Waals surface area contributed by atoms with Crippen LogP contribution in [0, 0.1) is 10.8 Å². The van der Waals surface area contributed by atoms with Gasteiger partial charge in [-0.15, -0.1) is 5.10 Å². The number of carbonyl (C=O) groups excluding carboxylic acids is 1. The number of nitrogens with one attached hydrogen (secondary N) is 1. The van der Waals surface area contributed by atoms with Crippen LogP contribution in [-0.2, 0) is 4.79 Å². The van der Waals surface area contributed by atoms with E-state index in [4.69, 9.17) is 5.41 Å². The fourth-order valence-corrected chi connectivity index (χ4v) is 2.70. The molecule has 0 amide bonds. The van der Waals surface area contributed by atoms with Gasteiger partial charge in [0.1, 0.15) is 11.3 Å². The monoisotopic (exact) mass is 284 g/mol. The Morgan fingerprint density at radius 3 is 2.76 bits per heavy atom. The Kier molecular flexibility index (Phi) is 2.90. The van der Waals surface area contributed by atoms with Crippen LogP contribution in [0.1, 0.15) is 26.7 Å². The summed E-state index contributed by atoms with van der Waals surface area (Å²) in [6, 6.07) is 7.20. The smallest absolute Gasteiger partial charge is 0.170 e. The summed E-state index contributed by atoms with van der Waals surface area (Å²) in [6.07, 6.45) is 0.685. The van der Waals surface area contributed by atoms with E-state index in [1.807, 2.05) is 26.0 Å². The molecule has 3 rings (SSSR count). The standard InChI is InChI=1S/C15H16N4O2/c1-15(2)7-11(20)13(12(21)8-15)14(16)19-10-6-4-3-5-9(10)17-18-19/h3-6,16,20H,7-8H2,1-2H3. The summed E-state index contributed by atoms with van der Waals surface area (Å²) in [5.41, 5.74) is 1.05. The zero-order valence-electron chi connectivity index (χ0n) is 11.9. The lowest BCUT2D eigenvalue weighted by atomic mass is 9.76. The Bertz CT molecular complexity index is 786. The third-order valence-electron chi connectivity index (χ3n) is 3.65. The molecule has 1 heterocycles. The van der Waals surface area contributed by atoms with E-state index in [2.05, 4.69) is 10.3 Å². The highest BCUT2D eigenvalue weighted by atomic mass is 16.3. The molecule has 2 N–H and O–H groups in total. The maximum Gasteiger partial charge on any atom is 0.170 e. The van der Waals surface area contributed by atoms with Crippen LogP contribution in [0.5, 0.6) is 0 Å². The second-order valence-corrected chi connectivity index (χ2v) is 6.10. The number of hydrogen-bond donors (Lipinski definition) is 2. The number of allylic oxidation sites excluding steroid dienone is 2. The molecular weight excluding hydrogens is 268 g/mol. The molecular formula is C15H16N4O2. The van der Waals surface area contributed by atoms with Gasteiger partial charge in [0.05, 0.1) is 11.1 Å². The van der Waals surface area contributed by atoms with Crippen LogP contribution in [0.3, 0.4) is 0 Å². The summed E-state index contributed by atoms with van der Waals surface area (Å²) in [4.78, 5) is 12.3. The largest absolute Gasteiger partial charge is 0.511 e. The SMILES string of the molecule is CC1(C)CC(=O)C(C(=N)n2nnc3ccccc32)=C(O)C1. The van der Waals surface area contributed by atoms with Crippen molar-refractivity contribution in [1.82, 2.24) is 15.0 Å². The molecule has 0 spiro atoms. The van der Waals surface area contributed by atoms with Crippen molar-refractivity contribution in [3.05, 3.63) is 35.6 Å². The molecule has 2 aromatic rings. The molecule has 0 fully saturated rings. The van der Waals surface area contributed by atoms with Gasteiger partial charge in [-0.2, -0.15) is 4.68 Å². The molecule has 6 nitrogen and oxygen atoms in total. The summed E-state index contributed by atoms with van der Waals surface area (Å²) in [5.74, 6) is -0.393. The van der Waals surface area contributed by atoms with Crippen molar-refractivity contribution < 1.29 is 9.90 Å². The first kappa shape index (κ1) is 13.5. The summed E-state index contributed by atoms with van der Waals surface area (Å²) in [6.45, 7) is 3.85. The van der Waals surface area contributed by atoms with Crippen LogP contribution < -0.4 is 0 Å². The number of benzene rings is 1. The van der Waals surface area contributed by atoms with E-state index < -0.39 is 0 Å².